The van der Waals surface area contributed by atoms with E-state index in [0.717, 1.165) is 23.8 Å². The SMILES string of the molecule is CCOC(=O)C(CSC1CCCCC1)(NC(C)C)C1CC1. The summed E-state index contributed by atoms with van der Waals surface area (Å²) in [6.07, 6.45) is 9.03. The molecule has 0 aromatic heterocycles. The first-order chi connectivity index (χ1) is 10.1. The number of carbonyl (C=O) groups is 1. The van der Waals surface area contributed by atoms with Gasteiger partial charge in [-0.25, -0.2) is 0 Å². The molecule has 0 heterocycles. The third-order valence-corrected chi connectivity index (χ3v) is 6.12. The van der Waals surface area contributed by atoms with Gasteiger partial charge in [0.2, 0.25) is 0 Å². The second kappa shape index (κ2) is 7.87. The van der Waals surface area contributed by atoms with Gasteiger partial charge < -0.3 is 4.74 Å². The summed E-state index contributed by atoms with van der Waals surface area (Å²) >= 11 is 2.01. The van der Waals surface area contributed by atoms with Gasteiger partial charge in [0.15, 0.2) is 0 Å². The Morgan fingerprint density at radius 2 is 1.90 bits per heavy atom. The van der Waals surface area contributed by atoms with Crippen molar-refractivity contribution in [3.05, 3.63) is 0 Å². The summed E-state index contributed by atoms with van der Waals surface area (Å²) in [5.74, 6) is 1.32. The van der Waals surface area contributed by atoms with Crippen LogP contribution in [0.2, 0.25) is 0 Å². The highest BCUT2D eigenvalue weighted by molar-refractivity contribution is 8.00. The Balaban J connectivity index is 2.03. The molecule has 2 fully saturated rings. The maximum absolute atomic E-state index is 12.7. The lowest BCUT2D eigenvalue weighted by atomic mass is 9.94. The van der Waals surface area contributed by atoms with E-state index in [-0.39, 0.29) is 5.97 Å². The van der Waals surface area contributed by atoms with Crippen molar-refractivity contribution in [3.63, 3.8) is 0 Å². The molecule has 0 amide bonds. The van der Waals surface area contributed by atoms with Crippen molar-refractivity contribution < 1.29 is 9.53 Å². The zero-order valence-corrected chi connectivity index (χ0v) is 14.6. The van der Waals surface area contributed by atoms with E-state index in [1.54, 1.807) is 0 Å². The van der Waals surface area contributed by atoms with E-state index in [4.69, 9.17) is 4.74 Å². The van der Waals surface area contributed by atoms with Crippen LogP contribution in [0.15, 0.2) is 0 Å². The van der Waals surface area contributed by atoms with Gasteiger partial charge in [0.05, 0.1) is 6.61 Å². The monoisotopic (exact) mass is 313 g/mol. The van der Waals surface area contributed by atoms with Crippen LogP contribution in [-0.4, -0.2) is 35.2 Å². The second-order valence-electron chi connectivity index (χ2n) is 6.84. The molecule has 0 radical (unpaired) electrons. The van der Waals surface area contributed by atoms with E-state index in [9.17, 15) is 4.79 Å². The third kappa shape index (κ3) is 4.62. The Hall–Kier alpha value is -0.220. The smallest absolute Gasteiger partial charge is 0.327 e. The molecule has 0 aliphatic heterocycles. The molecule has 2 saturated carbocycles. The Kier molecular flexibility index (Phi) is 6.42. The molecule has 0 saturated heterocycles. The van der Waals surface area contributed by atoms with Gasteiger partial charge in [0.25, 0.3) is 0 Å². The minimum Gasteiger partial charge on any atom is -0.465 e. The minimum absolute atomic E-state index is 0.0236. The van der Waals surface area contributed by atoms with Crippen LogP contribution in [0.25, 0.3) is 0 Å². The Labute approximate surface area is 134 Å². The molecule has 3 nitrogen and oxygen atoms in total. The van der Waals surface area contributed by atoms with Crippen LogP contribution in [0.4, 0.5) is 0 Å². The first kappa shape index (κ1) is 17.1. The molecule has 0 aromatic rings. The number of hydrogen-bond donors (Lipinski definition) is 1. The zero-order chi connectivity index (χ0) is 15.3. The van der Waals surface area contributed by atoms with E-state index < -0.39 is 5.54 Å². The second-order valence-corrected chi connectivity index (χ2v) is 8.12. The van der Waals surface area contributed by atoms with Gasteiger partial charge in [-0.1, -0.05) is 19.3 Å². The van der Waals surface area contributed by atoms with Crippen molar-refractivity contribution in [2.45, 2.75) is 82.5 Å². The number of ether oxygens (including phenoxy) is 1. The third-order valence-electron chi connectivity index (χ3n) is 4.56. The number of hydrogen-bond acceptors (Lipinski definition) is 4. The average molecular weight is 314 g/mol. The summed E-state index contributed by atoms with van der Waals surface area (Å²) < 4.78 is 5.43. The van der Waals surface area contributed by atoms with Crippen LogP contribution in [0, 0.1) is 5.92 Å². The van der Waals surface area contributed by atoms with Crippen molar-refractivity contribution in [2.75, 3.05) is 12.4 Å². The Bertz CT molecular complexity index is 338. The lowest BCUT2D eigenvalue weighted by Gasteiger charge is -2.36. The molecule has 21 heavy (non-hydrogen) atoms. The fourth-order valence-corrected chi connectivity index (χ4v) is 5.00. The molecule has 1 N–H and O–H groups in total. The summed E-state index contributed by atoms with van der Waals surface area (Å²) in [6, 6.07) is 0.307. The van der Waals surface area contributed by atoms with Gasteiger partial charge in [-0.3, -0.25) is 10.1 Å². The number of thioether (sulfide) groups is 1. The predicted molar refractivity (Wildman–Crippen MR) is 89.7 cm³/mol. The largest absolute Gasteiger partial charge is 0.465 e. The average Bonchev–Trinajstić information content (AvgIpc) is 3.29. The van der Waals surface area contributed by atoms with Gasteiger partial charge in [-0.15, -0.1) is 0 Å². The molecule has 0 bridgehead atoms. The number of nitrogens with one attached hydrogen (secondary N) is 1. The van der Waals surface area contributed by atoms with Crippen LogP contribution in [0.3, 0.4) is 0 Å². The van der Waals surface area contributed by atoms with E-state index >= 15 is 0 Å². The van der Waals surface area contributed by atoms with E-state index in [1.807, 2.05) is 18.7 Å². The molecular formula is C17H31NO2S. The molecular weight excluding hydrogens is 282 g/mol. The molecule has 2 aliphatic carbocycles. The van der Waals surface area contributed by atoms with Crippen LogP contribution in [-0.2, 0) is 9.53 Å². The van der Waals surface area contributed by atoms with E-state index in [0.29, 0.717) is 18.6 Å². The normalized spacial score (nSPS) is 23.0. The Morgan fingerprint density at radius 1 is 1.24 bits per heavy atom. The maximum atomic E-state index is 12.7. The van der Waals surface area contributed by atoms with Crippen molar-refractivity contribution >= 4 is 17.7 Å². The van der Waals surface area contributed by atoms with E-state index in [1.165, 1.54) is 32.1 Å². The first-order valence-corrected chi connectivity index (χ1v) is 9.70. The molecule has 4 heteroatoms. The summed E-state index contributed by atoms with van der Waals surface area (Å²) in [6.45, 7) is 6.63. The molecule has 2 rings (SSSR count). The van der Waals surface area contributed by atoms with Gasteiger partial charge in [-0.05, 0) is 52.4 Å². The summed E-state index contributed by atoms with van der Waals surface area (Å²) in [5.41, 5.74) is -0.452. The number of esters is 1. The van der Waals surface area contributed by atoms with Crippen molar-refractivity contribution in [1.29, 1.82) is 0 Å². The van der Waals surface area contributed by atoms with Gasteiger partial charge in [0, 0.05) is 17.0 Å². The highest BCUT2D eigenvalue weighted by Crippen LogP contribution is 2.44. The molecule has 122 valence electrons. The zero-order valence-electron chi connectivity index (χ0n) is 13.8. The molecule has 2 aliphatic rings. The number of carbonyl (C=O) groups excluding carboxylic acids is 1. The lowest BCUT2D eigenvalue weighted by molar-refractivity contribution is -0.151. The Morgan fingerprint density at radius 3 is 2.43 bits per heavy atom. The molecule has 1 atom stereocenters. The van der Waals surface area contributed by atoms with Crippen LogP contribution >= 0.6 is 11.8 Å². The maximum Gasteiger partial charge on any atom is 0.327 e. The van der Waals surface area contributed by atoms with Crippen molar-refractivity contribution in [2.24, 2.45) is 5.92 Å². The summed E-state index contributed by atoms with van der Waals surface area (Å²) in [5, 5.41) is 4.32. The van der Waals surface area contributed by atoms with Crippen LogP contribution < -0.4 is 5.32 Å². The number of rotatable bonds is 8. The van der Waals surface area contributed by atoms with Crippen molar-refractivity contribution in [1.82, 2.24) is 5.32 Å². The highest BCUT2D eigenvalue weighted by Gasteiger charge is 2.52. The summed E-state index contributed by atoms with van der Waals surface area (Å²) in [7, 11) is 0. The minimum atomic E-state index is -0.452. The highest BCUT2D eigenvalue weighted by atomic mass is 32.2. The topological polar surface area (TPSA) is 38.3 Å². The van der Waals surface area contributed by atoms with Gasteiger partial charge in [0.1, 0.15) is 5.54 Å². The first-order valence-electron chi connectivity index (χ1n) is 8.65. The molecule has 0 spiro atoms. The lowest BCUT2D eigenvalue weighted by Crippen LogP contribution is -2.59. The van der Waals surface area contributed by atoms with E-state index in [2.05, 4.69) is 19.2 Å². The van der Waals surface area contributed by atoms with Gasteiger partial charge >= 0.3 is 5.97 Å². The molecule has 1 unspecified atom stereocenters. The molecule has 0 aromatic carbocycles. The fraction of sp³-hybridized carbons (Fsp3) is 0.941. The van der Waals surface area contributed by atoms with Crippen LogP contribution in [0.5, 0.6) is 0 Å². The van der Waals surface area contributed by atoms with Crippen molar-refractivity contribution in [3.8, 4) is 0 Å². The fourth-order valence-electron chi connectivity index (χ4n) is 3.39. The van der Waals surface area contributed by atoms with Gasteiger partial charge in [-0.2, -0.15) is 11.8 Å². The predicted octanol–water partition coefficient (Wildman–Crippen LogP) is 3.76. The quantitative estimate of drug-likeness (QED) is 0.692. The standard InChI is InChI=1S/C17H31NO2S/c1-4-20-16(19)17(14-10-11-14,18-13(2)3)12-21-15-8-6-5-7-9-15/h13-15,18H,4-12H2,1-3H3. The summed E-state index contributed by atoms with van der Waals surface area (Å²) in [4.78, 5) is 12.7. The van der Waals surface area contributed by atoms with Crippen LogP contribution in [0.1, 0.15) is 65.7 Å².